The van der Waals surface area contributed by atoms with Crippen molar-refractivity contribution in [3.63, 3.8) is 0 Å². The van der Waals surface area contributed by atoms with Crippen LogP contribution >= 0.6 is 0 Å². The normalized spacial score (nSPS) is 25.5. The third-order valence-electron chi connectivity index (χ3n) is 8.04. The number of carbonyl (C=O) groups is 3. The molecule has 1 saturated heterocycles. The van der Waals surface area contributed by atoms with Crippen LogP contribution in [-0.4, -0.2) is 72.7 Å². The van der Waals surface area contributed by atoms with E-state index in [1.807, 2.05) is 18.2 Å². The largest absolute Gasteiger partial charge is 0.496 e. The van der Waals surface area contributed by atoms with Gasteiger partial charge in [0.1, 0.15) is 17.5 Å². The van der Waals surface area contributed by atoms with Crippen molar-refractivity contribution >= 4 is 38.6 Å². The van der Waals surface area contributed by atoms with Gasteiger partial charge in [0.05, 0.1) is 35.7 Å². The quantitative estimate of drug-likeness (QED) is 0.404. The zero-order chi connectivity index (χ0) is 30.4. The van der Waals surface area contributed by atoms with Crippen LogP contribution in [0, 0.1) is 11.3 Å². The van der Waals surface area contributed by atoms with Crippen LogP contribution in [0.2, 0.25) is 0 Å². The fraction of sp³-hybridized carbons (Fsp3) is 0.533. The average Bonchev–Trinajstić information content (AvgIpc) is 3.84. The second-order valence-electron chi connectivity index (χ2n) is 12.3. The van der Waals surface area contributed by atoms with Crippen LogP contribution in [0.1, 0.15) is 52.9 Å². The van der Waals surface area contributed by atoms with Crippen LogP contribution in [0.15, 0.2) is 43.1 Å². The number of likely N-dealkylation sites (tertiary alicyclic amines) is 1. The molecule has 12 heteroatoms. The smallest absolute Gasteiger partial charge is 0.411 e. The first-order valence-electron chi connectivity index (χ1n) is 14.1. The number of Topliss-reactive ketones (excluding diaryl/α,β-unsaturated/α-hetero) is 1. The van der Waals surface area contributed by atoms with Crippen molar-refractivity contribution in [2.45, 2.75) is 75.9 Å². The van der Waals surface area contributed by atoms with Crippen molar-refractivity contribution in [1.29, 1.82) is 0 Å². The molecule has 2 aliphatic carbocycles. The fourth-order valence-electron chi connectivity index (χ4n) is 5.60. The van der Waals surface area contributed by atoms with Crippen molar-refractivity contribution in [2.24, 2.45) is 11.3 Å². The van der Waals surface area contributed by atoms with E-state index in [1.165, 1.54) is 4.90 Å². The monoisotopic (exact) mass is 599 g/mol. The van der Waals surface area contributed by atoms with E-state index in [1.54, 1.807) is 46.2 Å². The topological polar surface area (TPSA) is 141 Å². The van der Waals surface area contributed by atoms with Crippen molar-refractivity contribution in [3.05, 3.63) is 43.1 Å². The maximum atomic E-state index is 13.9. The molecule has 1 aromatic carbocycles. The molecule has 2 unspecified atom stereocenters. The predicted molar refractivity (Wildman–Crippen MR) is 155 cm³/mol. The first kappa shape index (κ1) is 29.8. The number of hydrogen-bond donors (Lipinski definition) is 1. The van der Waals surface area contributed by atoms with E-state index in [-0.39, 0.29) is 31.1 Å². The number of ether oxygens (including phenoxy) is 3. The number of methoxy groups -OCH3 is 1. The molecule has 2 heterocycles. The van der Waals surface area contributed by atoms with Crippen molar-refractivity contribution in [3.8, 4) is 11.6 Å². The molecule has 2 saturated carbocycles. The molecule has 42 heavy (non-hydrogen) atoms. The molecule has 1 aromatic heterocycles. The molecule has 3 fully saturated rings. The van der Waals surface area contributed by atoms with E-state index < -0.39 is 50.4 Å². The molecule has 4 atom stereocenters. The first-order chi connectivity index (χ1) is 19.8. The minimum Gasteiger partial charge on any atom is -0.496 e. The van der Waals surface area contributed by atoms with E-state index in [0.29, 0.717) is 36.3 Å². The fourth-order valence-corrected chi connectivity index (χ4v) is 6.99. The number of fused-ring (bicyclic) bond motifs is 1. The van der Waals surface area contributed by atoms with Crippen LogP contribution in [0.25, 0.3) is 10.8 Å². The molecule has 226 valence electrons. The van der Waals surface area contributed by atoms with Crippen molar-refractivity contribution in [2.75, 3.05) is 13.7 Å². The number of nitrogens with zero attached hydrogens (tertiary/aromatic N) is 2. The van der Waals surface area contributed by atoms with Gasteiger partial charge in [-0.05, 0) is 63.5 Å². The summed E-state index contributed by atoms with van der Waals surface area (Å²) in [5.41, 5.74) is -2.04. The summed E-state index contributed by atoms with van der Waals surface area (Å²) in [6, 6.07) is 6.44. The Morgan fingerprint density at radius 1 is 1.21 bits per heavy atom. The minimum absolute atomic E-state index is 0.0542. The number of amides is 2. The molecule has 11 nitrogen and oxygen atoms in total. The van der Waals surface area contributed by atoms with Gasteiger partial charge >= 0.3 is 6.09 Å². The molecular weight excluding hydrogens is 562 g/mol. The summed E-state index contributed by atoms with van der Waals surface area (Å²) >= 11 is 0. The Balaban J connectivity index is 1.39. The molecule has 0 bridgehead atoms. The van der Waals surface area contributed by atoms with Gasteiger partial charge in [-0.1, -0.05) is 18.2 Å². The minimum atomic E-state index is -3.79. The highest BCUT2D eigenvalue weighted by Crippen LogP contribution is 2.57. The van der Waals surface area contributed by atoms with Gasteiger partial charge in [0.25, 0.3) is 0 Å². The van der Waals surface area contributed by atoms with Crippen LogP contribution in [0.5, 0.6) is 11.6 Å². The highest BCUT2D eigenvalue weighted by atomic mass is 32.2. The average molecular weight is 600 g/mol. The third-order valence-corrected chi connectivity index (χ3v) is 9.86. The molecule has 1 N–H and O–H groups in total. The lowest BCUT2D eigenvalue weighted by Gasteiger charge is -2.28. The van der Waals surface area contributed by atoms with E-state index in [0.717, 1.165) is 5.39 Å². The van der Waals surface area contributed by atoms with Gasteiger partial charge in [0.15, 0.2) is 5.78 Å². The third kappa shape index (κ3) is 5.95. The van der Waals surface area contributed by atoms with Gasteiger partial charge in [-0.25, -0.2) is 18.2 Å². The lowest BCUT2D eigenvalue weighted by molar-refractivity contribution is -0.131. The lowest BCUT2D eigenvalue weighted by atomic mass is 9.91. The number of aromatic nitrogens is 1. The van der Waals surface area contributed by atoms with E-state index in [4.69, 9.17) is 14.2 Å². The van der Waals surface area contributed by atoms with Gasteiger partial charge in [-0.15, -0.1) is 6.58 Å². The Hall–Kier alpha value is -3.67. The van der Waals surface area contributed by atoms with Crippen LogP contribution in [0.4, 0.5) is 4.79 Å². The van der Waals surface area contributed by atoms with E-state index in [2.05, 4.69) is 16.3 Å². The van der Waals surface area contributed by atoms with Gasteiger partial charge in [-0.2, -0.15) is 0 Å². The number of sulfonamides is 1. The summed E-state index contributed by atoms with van der Waals surface area (Å²) < 4.78 is 44.6. The lowest BCUT2D eigenvalue weighted by Crippen LogP contribution is -2.46. The molecule has 0 spiro atoms. The highest BCUT2D eigenvalue weighted by molar-refractivity contribution is 7.90. The number of hydrogen-bond acceptors (Lipinski definition) is 9. The van der Waals surface area contributed by atoms with Crippen LogP contribution in [0.3, 0.4) is 0 Å². The Bertz CT molecular complexity index is 1530. The first-order valence-corrected chi connectivity index (χ1v) is 15.6. The van der Waals surface area contributed by atoms with Crippen LogP contribution in [-0.2, 0) is 24.3 Å². The Morgan fingerprint density at radius 2 is 1.95 bits per heavy atom. The number of benzene rings is 1. The maximum Gasteiger partial charge on any atom is 0.411 e. The van der Waals surface area contributed by atoms with Gasteiger partial charge < -0.3 is 14.2 Å². The Labute approximate surface area is 245 Å². The molecule has 3 aliphatic rings. The van der Waals surface area contributed by atoms with Crippen molar-refractivity contribution < 1.29 is 37.0 Å². The molecule has 2 amide bonds. The highest BCUT2D eigenvalue weighted by Gasteiger charge is 2.61. The van der Waals surface area contributed by atoms with Crippen molar-refractivity contribution in [1.82, 2.24) is 14.6 Å². The molecular formula is C30H37N3O8S. The standard InChI is InChI=1S/C30H37N3O8S/c1-6-19-15-30(19,27(35)32-42(37,38)21-10-11-21)16-23(34)22-14-20(17-33(22)28(36)41-29(2,3)4)40-26-25-18(12-13-31-26)8-7-9-24(25)39-5/h6-9,12-13,19-22H,1,10-11,14-17H2,2-5H3,(H,32,35)/t19-,20?,22?,30-/m1/s1. The number of rotatable bonds is 10. The summed E-state index contributed by atoms with van der Waals surface area (Å²) in [7, 11) is -2.24. The molecule has 5 rings (SSSR count). The zero-order valence-corrected chi connectivity index (χ0v) is 25.1. The summed E-state index contributed by atoms with van der Waals surface area (Å²) in [6.45, 7) is 9.02. The summed E-state index contributed by atoms with van der Waals surface area (Å²) in [4.78, 5) is 46.1. The van der Waals surface area contributed by atoms with E-state index in [9.17, 15) is 22.8 Å². The number of carbonyl (C=O) groups excluding carboxylic acids is 3. The maximum absolute atomic E-state index is 13.9. The summed E-state index contributed by atoms with van der Waals surface area (Å²) in [5, 5.41) is 0.944. The summed E-state index contributed by atoms with van der Waals surface area (Å²) in [6.07, 6.45) is 3.10. The summed E-state index contributed by atoms with van der Waals surface area (Å²) in [5.74, 6) is -0.551. The molecule has 2 aromatic rings. The molecule has 1 aliphatic heterocycles. The van der Waals surface area contributed by atoms with Crippen LogP contribution < -0.4 is 14.2 Å². The number of ketones is 1. The van der Waals surface area contributed by atoms with Gasteiger partial charge in [-0.3, -0.25) is 19.2 Å². The zero-order valence-electron chi connectivity index (χ0n) is 24.3. The predicted octanol–water partition coefficient (Wildman–Crippen LogP) is 3.76. The Kier molecular flexibility index (Phi) is 7.71. The number of pyridine rings is 1. The Morgan fingerprint density at radius 3 is 2.57 bits per heavy atom. The second kappa shape index (κ2) is 10.9. The van der Waals surface area contributed by atoms with E-state index >= 15 is 0 Å². The number of allylic oxidation sites excluding steroid dienone is 1. The molecule has 0 radical (unpaired) electrons. The van der Waals surface area contributed by atoms with Gasteiger partial charge in [0, 0.05) is 19.0 Å². The number of nitrogens with one attached hydrogen (secondary N) is 1. The SMILES string of the molecule is C=C[C@@H]1C[C@]1(CC(=O)C1CC(Oc2nccc3cccc(OC)c23)CN1C(=O)OC(C)(C)C)C(=O)NS(=O)(=O)C1CC1. The second-order valence-corrected chi connectivity index (χ2v) is 14.3. The van der Waals surface area contributed by atoms with Gasteiger partial charge in [0.2, 0.25) is 21.8 Å².